The summed E-state index contributed by atoms with van der Waals surface area (Å²) in [5.74, 6) is 0.639. The van der Waals surface area contributed by atoms with E-state index < -0.39 is 0 Å². The molecule has 1 saturated heterocycles. The highest BCUT2D eigenvalue weighted by atomic mass is 16.1. The molecule has 0 aromatic rings. The zero-order chi connectivity index (χ0) is 12.0. The Balaban J connectivity index is 2.35. The number of piperidine rings is 1. The lowest BCUT2D eigenvalue weighted by atomic mass is 9.92. The van der Waals surface area contributed by atoms with Gasteiger partial charge in [-0.05, 0) is 12.8 Å². The number of hydrogen-bond acceptors (Lipinski definition) is 3. The van der Waals surface area contributed by atoms with Gasteiger partial charge in [-0.1, -0.05) is 20.3 Å². The number of ketones is 2. The molecule has 1 heterocycles. The molecular formula is C13H23NO2. The Morgan fingerprint density at radius 2 is 1.44 bits per heavy atom. The van der Waals surface area contributed by atoms with Gasteiger partial charge in [-0.2, -0.15) is 0 Å². The molecule has 0 aliphatic carbocycles. The van der Waals surface area contributed by atoms with Crippen LogP contribution < -0.4 is 5.32 Å². The highest BCUT2D eigenvalue weighted by molar-refractivity contribution is 5.79. The molecule has 0 unspecified atom stereocenters. The van der Waals surface area contributed by atoms with Gasteiger partial charge < -0.3 is 5.32 Å². The van der Waals surface area contributed by atoms with E-state index >= 15 is 0 Å². The first-order valence-corrected chi connectivity index (χ1v) is 6.45. The standard InChI is InChI=1S/C13H23NO2/c1-3-12(15)8-10-6-5-7-11(14-10)9-13(16)4-2/h10-11,14H,3-9H2,1-2H3/t10-,11-/m1/s1. The third kappa shape index (κ3) is 4.44. The maximum absolute atomic E-state index is 11.4. The van der Waals surface area contributed by atoms with Crippen molar-refractivity contribution in [2.45, 2.75) is 70.9 Å². The Kier molecular flexibility index (Phi) is 5.67. The molecule has 1 aliphatic heterocycles. The Morgan fingerprint density at radius 3 is 1.81 bits per heavy atom. The van der Waals surface area contributed by atoms with Gasteiger partial charge >= 0.3 is 0 Å². The zero-order valence-corrected chi connectivity index (χ0v) is 10.4. The number of nitrogens with one attached hydrogen (secondary N) is 1. The Morgan fingerprint density at radius 1 is 1.00 bits per heavy atom. The maximum Gasteiger partial charge on any atom is 0.134 e. The second-order valence-electron chi connectivity index (χ2n) is 4.68. The van der Waals surface area contributed by atoms with Crippen molar-refractivity contribution in [3.63, 3.8) is 0 Å². The van der Waals surface area contributed by atoms with Crippen molar-refractivity contribution >= 4 is 11.6 Å². The molecule has 1 aliphatic rings. The van der Waals surface area contributed by atoms with E-state index in [0.717, 1.165) is 19.3 Å². The van der Waals surface area contributed by atoms with Gasteiger partial charge in [-0.3, -0.25) is 9.59 Å². The lowest BCUT2D eigenvalue weighted by Crippen LogP contribution is -2.44. The largest absolute Gasteiger partial charge is 0.310 e. The molecule has 0 amide bonds. The van der Waals surface area contributed by atoms with E-state index in [1.165, 1.54) is 0 Å². The van der Waals surface area contributed by atoms with Crippen molar-refractivity contribution < 1.29 is 9.59 Å². The summed E-state index contributed by atoms with van der Waals surface area (Å²) in [6.45, 7) is 3.81. The van der Waals surface area contributed by atoms with Gasteiger partial charge in [0.25, 0.3) is 0 Å². The summed E-state index contributed by atoms with van der Waals surface area (Å²) in [5.41, 5.74) is 0. The molecule has 3 heteroatoms. The molecule has 0 saturated carbocycles. The van der Waals surface area contributed by atoms with Crippen molar-refractivity contribution in [2.24, 2.45) is 0 Å². The fraction of sp³-hybridized carbons (Fsp3) is 0.846. The van der Waals surface area contributed by atoms with Gasteiger partial charge in [-0.15, -0.1) is 0 Å². The van der Waals surface area contributed by atoms with E-state index in [9.17, 15) is 9.59 Å². The van der Waals surface area contributed by atoms with Crippen LogP contribution in [0.5, 0.6) is 0 Å². The topological polar surface area (TPSA) is 46.2 Å². The lowest BCUT2D eigenvalue weighted by Gasteiger charge is -2.30. The van der Waals surface area contributed by atoms with Gasteiger partial charge in [0, 0.05) is 37.8 Å². The molecule has 3 nitrogen and oxygen atoms in total. The number of Topliss-reactive ketones (excluding diaryl/α,β-unsaturated/α-hetero) is 2. The first-order valence-electron chi connectivity index (χ1n) is 6.45. The van der Waals surface area contributed by atoms with E-state index in [4.69, 9.17) is 0 Å². The van der Waals surface area contributed by atoms with Gasteiger partial charge in [0.2, 0.25) is 0 Å². The summed E-state index contributed by atoms with van der Waals surface area (Å²) in [4.78, 5) is 22.7. The third-order valence-corrected chi connectivity index (χ3v) is 3.31. The van der Waals surface area contributed by atoms with Crippen molar-refractivity contribution in [3.05, 3.63) is 0 Å². The quantitative estimate of drug-likeness (QED) is 0.754. The number of hydrogen-bond donors (Lipinski definition) is 1. The second-order valence-corrected chi connectivity index (χ2v) is 4.68. The van der Waals surface area contributed by atoms with E-state index in [2.05, 4.69) is 5.32 Å². The molecule has 0 bridgehead atoms. The third-order valence-electron chi connectivity index (χ3n) is 3.31. The molecule has 1 N–H and O–H groups in total. The minimum atomic E-state index is 0.302. The normalized spacial score (nSPS) is 25.4. The molecule has 16 heavy (non-hydrogen) atoms. The first kappa shape index (κ1) is 13.4. The van der Waals surface area contributed by atoms with E-state index in [1.807, 2.05) is 13.8 Å². The molecule has 0 spiro atoms. The van der Waals surface area contributed by atoms with Crippen LogP contribution in [0.2, 0.25) is 0 Å². The minimum absolute atomic E-state index is 0.302. The predicted octanol–water partition coefficient (Wildman–Crippen LogP) is 2.24. The predicted molar refractivity (Wildman–Crippen MR) is 64.4 cm³/mol. The van der Waals surface area contributed by atoms with Crippen LogP contribution in [0.1, 0.15) is 58.8 Å². The SMILES string of the molecule is CCC(=O)C[C@H]1CCC[C@H](CC(=O)CC)N1. The lowest BCUT2D eigenvalue weighted by molar-refractivity contribution is -0.119. The van der Waals surface area contributed by atoms with Gasteiger partial charge in [0.05, 0.1) is 0 Å². The van der Waals surface area contributed by atoms with Crippen molar-refractivity contribution in [2.75, 3.05) is 0 Å². The van der Waals surface area contributed by atoms with Crippen molar-refractivity contribution in [1.82, 2.24) is 5.32 Å². The Labute approximate surface area is 98.0 Å². The van der Waals surface area contributed by atoms with Crippen LogP contribution in [0, 0.1) is 0 Å². The number of carbonyl (C=O) groups excluding carboxylic acids is 2. The molecule has 2 atom stereocenters. The van der Waals surface area contributed by atoms with Crippen LogP contribution in [0.3, 0.4) is 0 Å². The van der Waals surface area contributed by atoms with E-state index in [1.54, 1.807) is 0 Å². The van der Waals surface area contributed by atoms with Crippen LogP contribution in [0.15, 0.2) is 0 Å². The van der Waals surface area contributed by atoms with Gasteiger partial charge in [0.1, 0.15) is 11.6 Å². The van der Waals surface area contributed by atoms with Crippen molar-refractivity contribution in [3.8, 4) is 0 Å². The molecular weight excluding hydrogens is 202 g/mol. The van der Waals surface area contributed by atoms with E-state index in [0.29, 0.717) is 49.3 Å². The summed E-state index contributed by atoms with van der Waals surface area (Å²) in [6.07, 6.45) is 5.79. The number of rotatable bonds is 6. The fourth-order valence-electron chi connectivity index (χ4n) is 2.27. The minimum Gasteiger partial charge on any atom is -0.310 e. The first-order chi connectivity index (χ1) is 7.65. The number of carbonyl (C=O) groups is 2. The summed E-state index contributed by atoms with van der Waals surface area (Å²) < 4.78 is 0. The zero-order valence-electron chi connectivity index (χ0n) is 10.4. The second kappa shape index (κ2) is 6.79. The highest BCUT2D eigenvalue weighted by Gasteiger charge is 2.23. The summed E-state index contributed by atoms with van der Waals surface area (Å²) in [6, 6.07) is 0.603. The fourth-order valence-corrected chi connectivity index (χ4v) is 2.27. The van der Waals surface area contributed by atoms with Crippen LogP contribution in [-0.4, -0.2) is 23.7 Å². The van der Waals surface area contributed by atoms with Crippen LogP contribution in [0.4, 0.5) is 0 Å². The highest BCUT2D eigenvalue weighted by Crippen LogP contribution is 2.18. The molecule has 0 radical (unpaired) electrons. The molecule has 92 valence electrons. The molecule has 0 aromatic carbocycles. The van der Waals surface area contributed by atoms with Gasteiger partial charge in [-0.25, -0.2) is 0 Å². The van der Waals surface area contributed by atoms with Crippen LogP contribution in [0.25, 0.3) is 0 Å². The summed E-state index contributed by atoms with van der Waals surface area (Å²) in [5, 5.41) is 3.44. The monoisotopic (exact) mass is 225 g/mol. The molecule has 1 rings (SSSR count). The smallest absolute Gasteiger partial charge is 0.134 e. The maximum atomic E-state index is 11.4. The molecule has 1 fully saturated rings. The average molecular weight is 225 g/mol. The summed E-state index contributed by atoms with van der Waals surface area (Å²) >= 11 is 0. The van der Waals surface area contributed by atoms with Crippen molar-refractivity contribution in [1.29, 1.82) is 0 Å². The Bertz CT molecular complexity index is 226. The molecule has 0 aromatic heterocycles. The average Bonchev–Trinajstić information content (AvgIpc) is 2.29. The summed E-state index contributed by atoms with van der Waals surface area (Å²) in [7, 11) is 0. The van der Waals surface area contributed by atoms with Gasteiger partial charge in [0.15, 0.2) is 0 Å². The van der Waals surface area contributed by atoms with Crippen LogP contribution in [-0.2, 0) is 9.59 Å². The van der Waals surface area contributed by atoms with E-state index in [-0.39, 0.29) is 0 Å². The Hall–Kier alpha value is -0.700. The van der Waals surface area contributed by atoms with Crippen LogP contribution >= 0.6 is 0 Å².